The quantitative estimate of drug-likeness (QED) is 0.270. The van der Waals surface area contributed by atoms with Crippen LogP contribution in [0.1, 0.15) is 0 Å². The van der Waals surface area contributed by atoms with Crippen LogP contribution in [0.3, 0.4) is 0 Å². The minimum absolute atomic E-state index is 0.239. The molecule has 0 aromatic rings. The summed E-state index contributed by atoms with van der Waals surface area (Å²) in [6.07, 6.45) is 0.750. The van der Waals surface area contributed by atoms with Gasteiger partial charge in [-0.1, -0.05) is 0 Å². The summed E-state index contributed by atoms with van der Waals surface area (Å²) in [5.41, 5.74) is 0. The molecule has 0 saturated heterocycles. The van der Waals surface area contributed by atoms with Crippen molar-refractivity contribution in [3.63, 3.8) is 0 Å². The van der Waals surface area contributed by atoms with Crippen LogP contribution < -0.4 is 0 Å². The second-order valence-electron chi connectivity index (χ2n) is 2.04. The van der Waals surface area contributed by atoms with E-state index in [-0.39, 0.29) is 48.6 Å². The van der Waals surface area contributed by atoms with Gasteiger partial charge in [-0.05, 0) is 0 Å². The maximum Gasteiger partial charge on any atom is 0.631 e. The molecule has 0 unspecified atom stereocenters. The van der Waals surface area contributed by atoms with Gasteiger partial charge < -0.3 is 15.1 Å². The van der Waals surface area contributed by atoms with E-state index in [2.05, 4.69) is 4.84 Å². The van der Waals surface area contributed by atoms with Gasteiger partial charge in [0.1, 0.15) is 0 Å². The fourth-order valence-electron chi connectivity index (χ4n) is 0.401. The molecule has 0 aromatic heterocycles. The Morgan fingerprint density at radius 2 is 1.85 bits per heavy atom. The maximum absolute atomic E-state index is 12.1. The molecule has 10 heteroatoms. The summed E-state index contributed by atoms with van der Waals surface area (Å²) in [7, 11) is -2.17. The maximum atomic E-state index is 12.1. The van der Waals surface area contributed by atoms with Crippen molar-refractivity contribution in [1.82, 2.24) is 5.29 Å². The smallest absolute Gasteiger partial charge is 0.402 e. The first-order chi connectivity index (χ1) is 5.78. The number of halogens is 3. The van der Waals surface area contributed by atoms with Gasteiger partial charge in [0.2, 0.25) is 0 Å². The Morgan fingerprint density at radius 3 is 1.92 bits per heavy atom. The third-order valence-corrected chi connectivity index (χ3v) is 2.32. The van der Waals surface area contributed by atoms with E-state index in [0.717, 1.165) is 6.26 Å². The second-order valence-corrected chi connectivity index (χ2v) is 3.72. The monoisotopic (exact) mass is 225 g/mol. The third kappa shape index (κ3) is 4.76. The van der Waals surface area contributed by atoms with Crippen molar-refractivity contribution in [3.05, 3.63) is 5.93 Å². The van der Waals surface area contributed by atoms with Crippen molar-refractivity contribution in [2.24, 2.45) is 0 Å². The van der Waals surface area contributed by atoms with E-state index in [1.54, 1.807) is 0 Å². The molecule has 1 rings (SSSR count). The average Bonchev–Trinajstić information content (AvgIpc) is 2.15. The molecule has 0 saturated carbocycles. The third-order valence-electron chi connectivity index (χ3n) is 1.02. The fraction of sp³-hybridized carbons (Fsp3) is 0.333. The molecule has 0 radical (unpaired) electrons. The van der Waals surface area contributed by atoms with Gasteiger partial charge >= 0.3 is 91.6 Å². The molecule has 0 spiro atoms. The number of hydroxylamine groups is 1. The summed E-state index contributed by atoms with van der Waals surface area (Å²) in [6, 6.07) is -3.50. The number of alkyl halides is 2. The topological polar surface area (TPSA) is 73.2 Å². The Balaban J connectivity index is 0.000000310. The number of nitrogens with zero attached hydrogens (tertiary/aromatic N) is 1. The van der Waals surface area contributed by atoms with Crippen LogP contribution in [0, 0.1) is 0 Å². The number of hydrogen-bond donors (Lipinski definition) is 3. The van der Waals surface area contributed by atoms with E-state index in [1.165, 1.54) is 0 Å². The summed E-state index contributed by atoms with van der Waals surface area (Å²) < 4.78 is 35.8. The predicted octanol–water partition coefficient (Wildman–Crippen LogP) is -1.33. The Bertz CT molecular complexity index is 200. The van der Waals surface area contributed by atoms with Gasteiger partial charge in [0.05, 0.1) is 0 Å². The average molecular weight is 225 g/mol. The van der Waals surface area contributed by atoms with Gasteiger partial charge in [-0.25, -0.2) is 0 Å². The van der Waals surface area contributed by atoms with E-state index in [0.29, 0.717) is 0 Å². The Kier molecular flexibility index (Phi) is 6.06. The molecule has 0 aliphatic carbocycles. The number of rotatable bonds is 0. The van der Waals surface area contributed by atoms with E-state index in [9.17, 15) is 13.3 Å². The van der Waals surface area contributed by atoms with Gasteiger partial charge in [-0.2, -0.15) is 0 Å². The summed E-state index contributed by atoms with van der Waals surface area (Å²) >= 11 is -0.239. The molecule has 3 N–H and O–H groups in total. The summed E-state index contributed by atoms with van der Waals surface area (Å²) in [5.74, 6) is 0. The van der Waals surface area contributed by atoms with Crippen molar-refractivity contribution in [2.75, 3.05) is 0 Å². The molecule has 1 aliphatic rings. The van der Waals surface area contributed by atoms with Crippen molar-refractivity contribution in [1.29, 1.82) is 0 Å². The summed E-state index contributed by atoms with van der Waals surface area (Å²) in [6.45, 7) is 0. The largest absolute Gasteiger partial charge is 0.631 e. The molecule has 70 valence electrons. The fourth-order valence-corrected chi connectivity index (χ4v) is 0.840. The van der Waals surface area contributed by atoms with Gasteiger partial charge in [-0.3, -0.25) is 0 Å². The zero-order valence-corrected chi connectivity index (χ0v) is 9.61. The van der Waals surface area contributed by atoms with Gasteiger partial charge in [-0.15, -0.1) is 0 Å². The molecule has 13 heavy (non-hydrogen) atoms. The molecule has 1 aliphatic heterocycles. The van der Waals surface area contributed by atoms with Crippen LogP contribution in [0.5, 0.6) is 0 Å². The zero-order valence-electron chi connectivity index (χ0n) is 6.49. The van der Waals surface area contributed by atoms with Gasteiger partial charge in [0, 0.05) is 0 Å². The van der Waals surface area contributed by atoms with Crippen molar-refractivity contribution >= 4 is 56.3 Å². The first kappa shape index (κ1) is 13.9. The van der Waals surface area contributed by atoms with Crippen molar-refractivity contribution < 1.29 is 33.2 Å². The standard InChI is InChI=1S/C3HF3NO.BH3O3.K/c4-3(5)1-2-8-7(3)6;2-1(3)4;/h2H;2-4H;. The van der Waals surface area contributed by atoms with Crippen LogP contribution in [0.4, 0.5) is 13.3 Å². The Morgan fingerprint density at radius 1 is 1.46 bits per heavy atom. The molecular formula is C3H4BF3KNO4. The number of hydrogen-bond acceptors (Lipinski definition) is 5. The van der Waals surface area contributed by atoms with Crippen LogP contribution in [-0.2, 0) is 4.84 Å². The molecule has 0 amide bonds. The first-order valence-corrected chi connectivity index (χ1v) is 4.56. The molecule has 0 fully saturated rings. The first-order valence-electron chi connectivity index (χ1n) is 3.00. The van der Waals surface area contributed by atoms with Crippen molar-refractivity contribution in [2.45, 2.75) is 6.05 Å². The van der Waals surface area contributed by atoms with Crippen LogP contribution >= 0.6 is 0 Å². The molecule has 5 nitrogen and oxygen atoms in total. The molecule has 0 atom stereocenters. The Hall–Kier alpha value is 0.871. The molecule has 0 aromatic carbocycles. The van der Waals surface area contributed by atoms with Crippen molar-refractivity contribution in [3.8, 4) is 0 Å². The second kappa shape index (κ2) is 5.68. The predicted molar refractivity (Wildman–Crippen MR) is 35.2 cm³/mol. The van der Waals surface area contributed by atoms with E-state index >= 15 is 0 Å². The van der Waals surface area contributed by atoms with Crippen LogP contribution in [0.15, 0.2) is 5.93 Å². The van der Waals surface area contributed by atoms with E-state index < -0.39 is 18.7 Å². The summed E-state index contributed by atoms with van der Waals surface area (Å²) in [4.78, 5) is 3.78. The van der Waals surface area contributed by atoms with Gasteiger partial charge in [0.15, 0.2) is 0 Å². The van der Waals surface area contributed by atoms with E-state index in [4.69, 9.17) is 15.1 Å². The SMILES string of the molecule is FN1OC=[C]([K])C1(F)F.OB(O)O. The summed E-state index contributed by atoms with van der Waals surface area (Å²) in [5, 5.41) is 20.6. The zero-order chi connectivity index (χ0) is 10.6. The normalized spacial score (nSPS) is 19.8. The molecular weight excluding hydrogens is 221 g/mol. The van der Waals surface area contributed by atoms with Crippen LogP contribution in [-0.4, -0.2) is 82.7 Å². The minimum atomic E-state index is -3.50. The van der Waals surface area contributed by atoms with Crippen LogP contribution in [0.2, 0.25) is 0 Å². The van der Waals surface area contributed by atoms with Gasteiger partial charge in [0.25, 0.3) is 0 Å². The Labute approximate surface area is 105 Å². The minimum Gasteiger partial charge on any atom is -0.402 e. The molecule has 0 bridgehead atoms. The van der Waals surface area contributed by atoms with E-state index in [1.807, 2.05) is 0 Å². The van der Waals surface area contributed by atoms with Crippen LogP contribution in [0.25, 0.3) is 0 Å². The molecule has 1 heterocycles.